The molecule has 0 aliphatic carbocycles. The lowest BCUT2D eigenvalue weighted by Crippen LogP contribution is -2.22. The molecule has 1 rings (SSSR count). The van der Waals surface area contributed by atoms with E-state index in [1.807, 2.05) is 30.3 Å². The quantitative estimate of drug-likeness (QED) is 0.323. The highest BCUT2D eigenvalue weighted by atomic mass is 35.5. The molecule has 0 unspecified atom stereocenters. The van der Waals surface area contributed by atoms with Crippen LogP contribution in [0.3, 0.4) is 0 Å². The lowest BCUT2D eigenvalue weighted by molar-refractivity contribution is -0.140. The van der Waals surface area contributed by atoms with E-state index in [0.717, 1.165) is 24.8 Å². The molecule has 0 saturated carbocycles. The predicted molar refractivity (Wildman–Crippen MR) is 93.1 cm³/mol. The van der Waals surface area contributed by atoms with Crippen LogP contribution in [-0.2, 0) is 14.3 Å². The van der Waals surface area contributed by atoms with Gasteiger partial charge in [0.2, 0.25) is 5.91 Å². The Kier molecular flexibility index (Phi) is 9.48. The van der Waals surface area contributed by atoms with E-state index in [1.54, 1.807) is 12.2 Å². The third kappa shape index (κ3) is 9.53. The Bertz CT molecular complexity index is 550. The fourth-order valence-corrected chi connectivity index (χ4v) is 1.95. The van der Waals surface area contributed by atoms with E-state index in [1.165, 1.54) is 13.2 Å². The summed E-state index contributed by atoms with van der Waals surface area (Å²) in [5.41, 5.74) is 1.02. The maximum Gasteiger partial charge on any atom is 0.305 e. The zero-order chi connectivity index (χ0) is 16.9. The van der Waals surface area contributed by atoms with Gasteiger partial charge in [0.25, 0.3) is 0 Å². The van der Waals surface area contributed by atoms with Crippen molar-refractivity contribution in [2.45, 2.75) is 25.7 Å². The summed E-state index contributed by atoms with van der Waals surface area (Å²) in [5.74, 6) is -0.317. The van der Waals surface area contributed by atoms with Crippen molar-refractivity contribution in [2.75, 3.05) is 13.7 Å². The van der Waals surface area contributed by atoms with Gasteiger partial charge in [0.05, 0.1) is 7.11 Å². The van der Waals surface area contributed by atoms with Crippen molar-refractivity contribution in [1.82, 2.24) is 5.32 Å². The smallest absolute Gasteiger partial charge is 0.305 e. The van der Waals surface area contributed by atoms with E-state index in [0.29, 0.717) is 18.0 Å². The van der Waals surface area contributed by atoms with Crippen molar-refractivity contribution in [3.05, 3.63) is 53.1 Å². The number of esters is 1. The van der Waals surface area contributed by atoms with Gasteiger partial charge >= 0.3 is 5.97 Å². The first-order valence-corrected chi connectivity index (χ1v) is 7.94. The molecule has 1 aromatic carbocycles. The molecule has 1 amide bonds. The molecule has 124 valence electrons. The SMILES string of the molecule is COC(=O)CCCCCNC(=O)/C=C/C=C/c1ccc(Cl)cc1. The summed E-state index contributed by atoms with van der Waals surface area (Å²) < 4.78 is 4.56. The zero-order valence-electron chi connectivity index (χ0n) is 13.3. The first kappa shape index (κ1) is 19.0. The highest BCUT2D eigenvalue weighted by Crippen LogP contribution is 2.10. The molecule has 0 atom stereocenters. The molecule has 0 aromatic heterocycles. The Morgan fingerprint density at radius 1 is 1.13 bits per heavy atom. The monoisotopic (exact) mass is 335 g/mol. The number of amides is 1. The van der Waals surface area contributed by atoms with Crippen molar-refractivity contribution in [3.63, 3.8) is 0 Å². The highest BCUT2D eigenvalue weighted by molar-refractivity contribution is 6.30. The number of hydrogen-bond acceptors (Lipinski definition) is 3. The second-order valence-corrected chi connectivity index (χ2v) is 5.38. The number of carbonyl (C=O) groups is 2. The van der Waals surface area contributed by atoms with Crippen LogP contribution in [0.15, 0.2) is 42.5 Å². The summed E-state index contributed by atoms with van der Waals surface area (Å²) in [4.78, 5) is 22.5. The summed E-state index contributed by atoms with van der Waals surface area (Å²) >= 11 is 5.80. The van der Waals surface area contributed by atoms with Crippen molar-refractivity contribution in [3.8, 4) is 0 Å². The average Bonchev–Trinajstić information content (AvgIpc) is 2.56. The van der Waals surface area contributed by atoms with Gasteiger partial charge in [-0.15, -0.1) is 0 Å². The minimum atomic E-state index is -0.190. The average molecular weight is 336 g/mol. The van der Waals surface area contributed by atoms with Crippen LogP contribution >= 0.6 is 11.6 Å². The molecule has 0 aliphatic heterocycles. The fraction of sp³-hybridized carbons (Fsp3) is 0.333. The van der Waals surface area contributed by atoms with Gasteiger partial charge in [-0.3, -0.25) is 9.59 Å². The molecule has 1 aromatic rings. The summed E-state index contributed by atoms with van der Waals surface area (Å²) in [5, 5.41) is 3.50. The van der Waals surface area contributed by atoms with Gasteiger partial charge in [-0.05, 0) is 30.5 Å². The molecule has 5 heteroatoms. The Labute approximate surface area is 142 Å². The second kappa shape index (κ2) is 11.5. The van der Waals surface area contributed by atoms with Crippen molar-refractivity contribution >= 4 is 29.6 Å². The second-order valence-electron chi connectivity index (χ2n) is 4.95. The van der Waals surface area contributed by atoms with Gasteiger partial charge in [-0.2, -0.15) is 0 Å². The topological polar surface area (TPSA) is 55.4 Å². The van der Waals surface area contributed by atoms with E-state index in [9.17, 15) is 9.59 Å². The van der Waals surface area contributed by atoms with Crippen LogP contribution in [0.1, 0.15) is 31.2 Å². The summed E-state index contributed by atoms with van der Waals surface area (Å²) in [6.45, 7) is 0.602. The molecular weight excluding hydrogens is 314 g/mol. The Balaban J connectivity index is 2.13. The molecule has 0 radical (unpaired) electrons. The summed E-state index contributed by atoms with van der Waals surface area (Å²) in [6, 6.07) is 7.44. The van der Waals surface area contributed by atoms with Crippen LogP contribution in [0.25, 0.3) is 6.08 Å². The number of benzene rings is 1. The van der Waals surface area contributed by atoms with Crippen LogP contribution in [-0.4, -0.2) is 25.5 Å². The van der Waals surface area contributed by atoms with Gasteiger partial charge in [0.1, 0.15) is 0 Å². The van der Waals surface area contributed by atoms with Crippen molar-refractivity contribution in [2.24, 2.45) is 0 Å². The minimum Gasteiger partial charge on any atom is -0.469 e. The maximum atomic E-state index is 11.6. The number of ether oxygens (including phenoxy) is 1. The van der Waals surface area contributed by atoms with Crippen LogP contribution in [0.2, 0.25) is 5.02 Å². The maximum absolute atomic E-state index is 11.6. The first-order chi connectivity index (χ1) is 11.1. The third-order valence-corrected chi connectivity index (χ3v) is 3.35. The zero-order valence-corrected chi connectivity index (χ0v) is 14.0. The lowest BCUT2D eigenvalue weighted by atomic mass is 10.2. The predicted octanol–water partition coefficient (Wildman–Crippen LogP) is 3.76. The molecule has 0 bridgehead atoms. The van der Waals surface area contributed by atoms with Gasteiger partial charge < -0.3 is 10.1 Å². The van der Waals surface area contributed by atoms with Crippen LogP contribution in [0.4, 0.5) is 0 Å². The summed E-state index contributed by atoms with van der Waals surface area (Å²) in [7, 11) is 1.39. The number of allylic oxidation sites excluding steroid dienone is 2. The third-order valence-electron chi connectivity index (χ3n) is 3.10. The molecule has 0 fully saturated rings. The Hall–Kier alpha value is -2.07. The molecule has 23 heavy (non-hydrogen) atoms. The van der Waals surface area contributed by atoms with Crippen molar-refractivity contribution < 1.29 is 14.3 Å². The van der Waals surface area contributed by atoms with E-state index in [2.05, 4.69) is 10.1 Å². The van der Waals surface area contributed by atoms with E-state index in [4.69, 9.17) is 11.6 Å². The molecule has 0 saturated heterocycles. The van der Waals surface area contributed by atoms with E-state index < -0.39 is 0 Å². The standard InChI is InChI=1S/C18H22ClNO3/c1-23-18(22)9-3-2-6-14-20-17(21)8-5-4-7-15-10-12-16(19)13-11-15/h4-5,7-8,10-13H,2-3,6,9,14H2,1H3,(H,20,21)/b7-4+,8-5+. The normalized spacial score (nSPS) is 11.0. The van der Waals surface area contributed by atoms with Gasteiger partial charge in [0, 0.05) is 24.1 Å². The Morgan fingerprint density at radius 2 is 1.87 bits per heavy atom. The number of unbranched alkanes of at least 4 members (excludes halogenated alkanes) is 2. The van der Waals surface area contributed by atoms with Crippen LogP contribution in [0.5, 0.6) is 0 Å². The molecule has 0 heterocycles. The van der Waals surface area contributed by atoms with E-state index in [-0.39, 0.29) is 11.9 Å². The van der Waals surface area contributed by atoms with Crippen molar-refractivity contribution in [1.29, 1.82) is 0 Å². The number of carbonyl (C=O) groups excluding carboxylic acids is 2. The molecule has 0 spiro atoms. The molecule has 4 nitrogen and oxygen atoms in total. The number of methoxy groups -OCH3 is 1. The first-order valence-electron chi connectivity index (χ1n) is 7.57. The summed E-state index contributed by atoms with van der Waals surface area (Å²) in [6.07, 6.45) is 9.82. The number of nitrogens with one attached hydrogen (secondary N) is 1. The molecule has 1 N–H and O–H groups in total. The molecular formula is C18H22ClNO3. The number of hydrogen-bond donors (Lipinski definition) is 1. The Morgan fingerprint density at radius 3 is 2.57 bits per heavy atom. The number of halogens is 1. The largest absolute Gasteiger partial charge is 0.469 e. The van der Waals surface area contributed by atoms with Gasteiger partial charge in [-0.1, -0.05) is 48.4 Å². The number of rotatable bonds is 9. The minimum absolute atomic E-state index is 0.126. The van der Waals surface area contributed by atoms with Gasteiger partial charge in [0.15, 0.2) is 0 Å². The van der Waals surface area contributed by atoms with Crippen LogP contribution < -0.4 is 5.32 Å². The highest BCUT2D eigenvalue weighted by Gasteiger charge is 1.99. The molecule has 0 aliphatic rings. The van der Waals surface area contributed by atoms with Crippen LogP contribution in [0, 0.1) is 0 Å². The van der Waals surface area contributed by atoms with E-state index >= 15 is 0 Å². The van der Waals surface area contributed by atoms with Gasteiger partial charge in [-0.25, -0.2) is 0 Å². The fourth-order valence-electron chi connectivity index (χ4n) is 1.83. The lowest BCUT2D eigenvalue weighted by Gasteiger charge is -2.02.